The van der Waals surface area contributed by atoms with Gasteiger partial charge in [0.25, 0.3) is 5.91 Å². The molecule has 0 aromatic heterocycles. The van der Waals surface area contributed by atoms with E-state index in [-0.39, 0.29) is 12.5 Å². The molecule has 0 fully saturated rings. The smallest absolute Gasteiger partial charge is 0.313 e. The van der Waals surface area contributed by atoms with E-state index in [1.54, 1.807) is 65.6 Å². The predicted molar refractivity (Wildman–Crippen MR) is 117 cm³/mol. The summed E-state index contributed by atoms with van der Waals surface area (Å²) < 4.78 is 0. The highest BCUT2D eigenvalue weighted by Crippen LogP contribution is 2.45. The number of nitrogens with zero attached hydrogens (tertiary/aromatic N) is 1. The number of rotatable bonds is 4. The summed E-state index contributed by atoms with van der Waals surface area (Å²) in [5.41, 5.74) is 2.15. The summed E-state index contributed by atoms with van der Waals surface area (Å²) in [6.45, 7) is 0.182. The van der Waals surface area contributed by atoms with Crippen molar-refractivity contribution in [1.82, 2.24) is 4.90 Å². The van der Waals surface area contributed by atoms with Gasteiger partial charge < -0.3 is 10.0 Å². The van der Waals surface area contributed by atoms with Gasteiger partial charge in [0.05, 0.1) is 6.04 Å². The number of halogens is 3. The second-order valence-electron chi connectivity index (χ2n) is 7.08. The highest BCUT2D eigenvalue weighted by Gasteiger charge is 2.44. The Morgan fingerprint density at radius 3 is 2.33 bits per heavy atom. The van der Waals surface area contributed by atoms with Crippen molar-refractivity contribution in [3.63, 3.8) is 0 Å². The zero-order chi connectivity index (χ0) is 21.4. The van der Waals surface area contributed by atoms with E-state index in [4.69, 9.17) is 34.8 Å². The maximum Gasteiger partial charge on any atom is 0.313 e. The first-order valence-corrected chi connectivity index (χ1v) is 10.3. The maximum atomic E-state index is 13.5. The van der Waals surface area contributed by atoms with Gasteiger partial charge in [-0.15, -0.1) is 0 Å². The molecule has 0 saturated heterocycles. The molecule has 1 aliphatic rings. The van der Waals surface area contributed by atoms with E-state index in [0.29, 0.717) is 31.8 Å². The van der Waals surface area contributed by atoms with Gasteiger partial charge in [-0.1, -0.05) is 71.2 Å². The Morgan fingerprint density at radius 2 is 1.63 bits per heavy atom. The van der Waals surface area contributed by atoms with Gasteiger partial charge in [0, 0.05) is 27.2 Å². The second kappa shape index (κ2) is 8.31. The fraction of sp³-hybridized carbons (Fsp3) is 0.130. The summed E-state index contributed by atoms with van der Waals surface area (Å²) in [4.78, 5) is 27.4. The average Bonchev–Trinajstić information content (AvgIpc) is 2.70. The lowest BCUT2D eigenvalue weighted by Gasteiger charge is -2.41. The minimum atomic E-state index is -1.04. The lowest BCUT2D eigenvalue weighted by atomic mass is 9.79. The quantitative estimate of drug-likeness (QED) is 0.503. The van der Waals surface area contributed by atoms with Gasteiger partial charge in [-0.25, -0.2) is 0 Å². The van der Waals surface area contributed by atoms with Crippen molar-refractivity contribution in [2.45, 2.75) is 18.5 Å². The summed E-state index contributed by atoms with van der Waals surface area (Å²) in [5.74, 6) is -2.29. The van der Waals surface area contributed by atoms with Crippen molar-refractivity contribution in [2.75, 3.05) is 0 Å². The minimum Gasteiger partial charge on any atom is -0.481 e. The number of carbonyl (C=O) groups is 2. The van der Waals surface area contributed by atoms with Crippen molar-refractivity contribution < 1.29 is 14.7 Å². The fourth-order valence-electron chi connectivity index (χ4n) is 3.95. The molecule has 0 saturated carbocycles. The average molecular weight is 461 g/mol. The number of carbonyl (C=O) groups excluding carboxylic acids is 1. The van der Waals surface area contributed by atoms with Gasteiger partial charge in [0.2, 0.25) is 0 Å². The third-order valence-electron chi connectivity index (χ3n) is 5.23. The zero-order valence-corrected chi connectivity index (χ0v) is 17.8. The van der Waals surface area contributed by atoms with E-state index < -0.39 is 17.9 Å². The molecule has 0 spiro atoms. The van der Waals surface area contributed by atoms with Crippen LogP contribution < -0.4 is 0 Å². The molecular weight excluding hydrogens is 445 g/mol. The van der Waals surface area contributed by atoms with Crippen molar-refractivity contribution in [1.29, 1.82) is 0 Å². The van der Waals surface area contributed by atoms with Gasteiger partial charge in [0.15, 0.2) is 0 Å². The Kier molecular flexibility index (Phi) is 5.74. The number of carboxylic acid groups (broad SMARTS) is 1. The Bertz CT molecular complexity index is 1150. The van der Waals surface area contributed by atoms with E-state index in [9.17, 15) is 14.7 Å². The molecule has 2 unspecified atom stereocenters. The normalized spacial score (nSPS) is 18.2. The first-order chi connectivity index (χ1) is 14.4. The third kappa shape index (κ3) is 3.79. The Balaban J connectivity index is 1.92. The number of fused-ring (bicyclic) bond motifs is 1. The molecule has 1 amide bonds. The lowest BCUT2D eigenvalue weighted by molar-refractivity contribution is -0.140. The largest absolute Gasteiger partial charge is 0.481 e. The summed E-state index contributed by atoms with van der Waals surface area (Å²) in [5, 5.41) is 11.4. The number of amides is 1. The van der Waals surface area contributed by atoms with Crippen LogP contribution in [0.4, 0.5) is 0 Å². The Labute approximate surface area is 188 Å². The monoisotopic (exact) mass is 459 g/mol. The van der Waals surface area contributed by atoms with Crippen LogP contribution in [0.3, 0.4) is 0 Å². The SMILES string of the molecule is O=C(O)C1c2ccccc2C(=O)N(Cc2cccc(Cl)c2)C1c1ccc(Cl)cc1Cl. The van der Waals surface area contributed by atoms with Crippen molar-refractivity contribution >= 4 is 46.7 Å². The number of aliphatic carboxylic acids is 1. The van der Waals surface area contributed by atoms with E-state index in [1.165, 1.54) is 0 Å². The molecule has 1 N–H and O–H groups in total. The van der Waals surface area contributed by atoms with E-state index >= 15 is 0 Å². The molecule has 2 atom stereocenters. The number of hydrogen-bond acceptors (Lipinski definition) is 2. The molecular formula is C23H16Cl3NO3. The van der Waals surface area contributed by atoms with E-state index in [0.717, 1.165) is 5.56 Å². The Morgan fingerprint density at radius 1 is 0.900 bits per heavy atom. The lowest BCUT2D eigenvalue weighted by Crippen LogP contribution is -2.44. The van der Waals surface area contributed by atoms with E-state index in [1.807, 2.05) is 6.07 Å². The molecule has 1 aliphatic heterocycles. The van der Waals surface area contributed by atoms with Crippen molar-refractivity contribution in [3.05, 3.63) is 104 Å². The van der Waals surface area contributed by atoms with Crippen molar-refractivity contribution in [2.24, 2.45) is 0 Å². The van der Waals surface area contributed by atoms with Gasteiger partial charge >= 0.3 is 5.97 Å². The van der Waals surface area contributed by atoms with Gasteiger partial charge in [-0.05, 0) is 47.0 Å². The first-order valence-electron chi connectivity index (χ1n) is 9.19. The van der Waals surface area contributed by atoms with Crippen molar-refractivity contribution in [3.8, 4) is 0 Å². The van der Waals surface area contributed by atoms with Gasteiger partial charge in [-0.2, -0.15) is 0 Å². The summed E-state index contributed by atoms with van der Waals surface area (Å²) in [6.07, 6.45) is 0. The molecule has 0 aliphatic carbocycles. The molecule has 4 rings (SSSR count). The van der Waals surface area contributed by atoms with Gasteiger partial charge in [-0.3, -0.25) is 9.59 Å². The standard InChI is InChI=1S/C23H16Cl3NO3/c24-14-5-3-4-13(10-14)12-27-21(18-9-8-15(25)11-19(18)26)20(23(29)30)16-6-1-2-7-17(16)22(27)28/h1-11,20-21H,12H2,(H,29,30). The van der Waals surface area contributed by atoms with E-state index in [2.05, 4.69) is 0 Å². The second-order valence-corrected chi connectivity index (χ2v) is 8.36. The van der Waals surface area contributed by atoms with Crippen LogP contribution in [0.15, 0.2) is 66.7 Å². The highest BCUT2D eigenvalue weighted by molar-refractivity contribution is 6.35. The van der Waals surface area contributed by atoms with Crippen LogP contribution in [0.2, 0.25) is 15.1 Å². The molecule has 7 heteroatoms. The first kappa shape index (κ1) is 20.7. The summed E-state index contributed by atoms with van der Waals surface area (Å²) >= 11 is 18.6. The molecule has 1 heterocycles. The predicted octanol–water partition coefficient (Wildman–Crippen LogP) is 6.21. The number of benzene rings is 3. The molecule has 0 bridgehead atoms. The van der Waals surface area contributed by atoms with Crippen LogP contribution in [0.1, 0.15) is 39.0 Å². The van der Waals surface area contributed by atoms with Crippen LogP contribution in [-0.2, 0) is 11.3 Å². The Hall–Kier alpha value is -2.53. The van der Waals surface area contributed by atoms with Crippen LogP contribution >= 0.6 is 34.8 Å². The van der Waals surface area contributed by atoms with Crippen LogP contribution in [0.25, 0.3) is 0 Å². The summed E-state index contributed by atoms with van der Waals surface area (Å²) in [7, 11) is 0. The third-order valence-corrected chi connectivity index (χ3v) is 6.03. The highest BCUT2D eigenvalue weighted by atomic mass is 35.5. The number of hydrogen-bond donors (Lipinski definition) is 1. The van der Waals surface area contributed by atoms with Crippen LogP contribution in [-0.4, -0.2) is 21.9 Å². The molecule has 152 valence electrons. The minimum absolute atomic E-state index is 0.182. The van der Waals surface area contributed by atoms with Crippen LogP contribution in [0, 0.1) is 0 Å². The molecule has 3 aromatic carbocycles. The van der Waals surface area contributed by atoms with Gasteiger partial charge in [0.1, 0.15) is 5.92 Å². The molecule has 0 radical (unpaired) electrons. The molecule has 3 aromatic rings. The zero-order valence-electron chi connectivity index (χ0n) is 15.6. The van der Waals surface area contributed by atoms with Crippen LogP contribution in [0.5, 0.6) is 0 Å². The fourth-order valence-corrected chi connectivity index (χ4v) is 4.69. The summed E-state index contributed by atoms with van der Waals surface area (Å²) in [6, 6.07) is 18.0. The maximum absolute atomic E-state index is 13.5. The molecule has 4 nitrogen and oxygen atoms in total. The number of carboxylic acids is 1. The molecule has 30 heavy (non-hydrogen) atoms. The topological polar surface area (TPSA) is 57.6 Å².